The molecule has 47 heavy (non-hydrogen) atoms. The Morgan fingerprint density at radius 3 is 1.62 bits per heavy atom. The van der Waals surface area contributed by atoms with E-state index in [2.05, 4.69) is 0 Å². The summed E-state index contributed by atoms with van der Waals surface area (Å²) < 4.78 is 135. The van der Waals surface area contributed by atoms with Crippen LogP contribution in [0.1, 0.15) is 51.7 Å². The van der Waals surface area contributed by atoms with Gasteiger partial charge in [0.25, 0.3) is 0 Å². The molecule has 2 saturated heterocycles. The average molecular weight is 735 g/mol. The summed E-state index contributed by atoms with van der Waals surface area (Å²) in [6.07, 6.45) is 1.28. The molecule has 0 unspecified atom stereocenters. The van der Waals surface area contributed by atoms with Gasteiger partial charge in [0, 0.05) is 26.1 Å². The number of ether oxygens (including phenoxy) is 2. The summed E-state index contributed by atoms with van der Waals surface area (Å²) in [7, 11) is -10.9. The maximum absolute atomic E-state index is 12.6. The number of sulfonamides is 2. The minimum absolute atomic E-state index is 0.0744. The number of hydrogen-bond donors (Lipinski definition) is 2. The molecule has 0 saturated carbocycles. The monoisotopic (exact) mass is 734 g/mol. The zero-order valence-electron chi connectivity index (χ0n) is 25.9. The van der Waals surface area contributed by atoms with Crippen LogP contribution in [0.25, 0.3) is 0 Å². The fourth-order valence-corrected chi connectivity index (χ4v) is 5.98. The average Bonchev–Trinajstić information content (AvgIpc) is 2.92. The van der Waals surface area contributed by atoms with Gasteiger partial charge < -0.3 is 14.4 Å². The first-order valence-corrected chi connectivity index (χ1v) is 17.4. The Labute approximate surface area is 275 Å². The normalized spacial score (nSPS) is 19.0. The van der Waals surface area contributed by atoms with Gasteiger partial charge in [-0.15, -0.1) is 0 Å². The lowest BCUT2D eigenvalue weighted by Gasteiger charge is -2.39. The predicted octanol–water partition coefficient (Wildman–Crippen LogP) is 6.14. The van der Waals surface area contributed by atoms with Gasteiger partial charge in [0.05, 0.1) is 34.3 Å². The Bertz CT molecular complexity index is 1620. The zero-order valence-corrected chi connectivity index (χ0v) is 28.4. The molecule has 19 heteroatoms. The highest BCUT2D eigenvalue weighted by molar-refractivity contribution is 7.93. The summed E-state index contributed by atoms with van der Waals surface area (Å²) in [5.41, 5.74) is -10.7. The lowest BCUT2D eigenvalue weighted by atomic mass is 10.0. The Balaban J connectivity index is 0.000000256. The van der Waals surface area contributed by atoms with E-state index in [1.165, 1.54) is 30.3 Å². The Hall–Kier alpha value is -2.71. The number of para-hydroxylation sites is 2. The van der Waals surface area contributed by atoms with E-state index in [-0.39, 0.29) is 30.3 Å². The van der Waals surface area contributed by atoms with Crippen molar-refractivity contribution in [1.29, 1.82) is 0 Å². The molecule has 0 radical (unpaired) electrons. The predicted molar refractivity (Wildman–Crippen MR) is 168 cm³/mol. The number of halogens is 6. The van der Waals surface area contributed by atoms with Crippen LogP contribution in [0, 0.1) is 0 Å². The molecule has 2 aliphatic rings. The van der Waals surface area contributed by atoms with Crippen LogP contribution in [0.5, 0.6) is 0 Å². The number of benzene rings is 2. The van der Waals surface area contributed by atoms with Crippen LogP contribution in [0.2, 0.25) is 0 Å². The van der Waals surface area contributed by atoms with Gasteiger partial charge in [-0.2, -0.15) is 43.2 Å². The SMILES string of the molecule is CC1(C)CC(=S)N(Cc2ccccc2NS(=O)(=O)C(F)(F)F)CO1.CC1(C)CCN(Cc2ccccc2NS(=O)(=O)C(F)(F)F)CO1. The van der Waals surface area contributed by atoms with Gasteiger partial charge in [0.1, 0.15) is 6.73 Å². The van der Waals surface area contributed by atoms with Gasteiger partial charge in [-0.05, 0) is 57.4 Å². The standard InChI is InChI=1S/C14H17F3N2O3S2.C14H19F3N2O3S/c1-13(2)7-12(23)19(9-22-13)8-10-5-3-4-6-11(10)18-24(20,21)14(15,16)17;1-13(2)7-8-19(10-22-13)9-11-5-3-4-6-12(11)18-23(20,21)14(15,16)17/h3-6,18H,7-9H2,1-2H3;3-6,18H,7-10H2,1-2H3. The number of nitrogens with one attached hydrogen (secondary N) is 2. The molecule has 2 aliphatic heterocycles. The zero-order chi connectivity index (χ0) is 35.5. The second kappa shape index (κ2) is 14.4. The van der Waals surface area contributed by atoms with E-state index in [0.29, 0.717) is 42.4 Å². The summed E-state index contributed by atoms with van der Waals surface area (Å²) >= 11 is 5.31. The molecule has 2 aromatic rings. The molecule has 2 aromatic carbocycles. The van der Waals surface area contributed by atoms with Crippen LogP contribution in [-0.2, 0) is 42.6 Å². The molecule has 2 heterocycles. The molecule has 10 nitrogen and oxygen atoms in total. The first kappa shape index (κ1) is 38.7. The highest BCUT2D eigenvalue weighted by Gasteiger charge is 2.47. The van der Waals surface area contributed by atoms with Crippen LogP contribution in [0.4, 0.5) is 37.7 Å². The second-order valence-electron chi connectivity index (χ2n) is 12.1. The third-order valence-electron chi connectivity index (χ3n) is 7.10. The second-order valence-corrected chi connectivity index (χ2v) is 15.9. The Morgan fingerprint density at radius 2 is 1.19 bits per heavy atom. The number of anilines is 2. The Kier molecular flexibility index (Phi) is 11.9. The van der Waals surface area contributed by atoms with E-state index in [0.717, 1.165) is 6.42 Å². The van der Waals surface area contributed by atoms with Crippen molar-refractivity contribution >= 4 is 48.6 Å². The Morgan fingerprint density at radius 1 is 0.745 bits per heavy atom. The number of thiocarbonyl (C=S) groups is 1. The largest absolute Gasteiger partial charge is 0.516 e. The number of nitrogens with zero attached hydrogens (tertiary/aromatic N) is 2. The van der Waals surface area contributed by atoms with Gasteiger partial charge in [-0.1, -0.05) is 48.6 Å². The molecule has 0 aliphatic carbocycles. The summed E-state index contributed by atoms with van der Waals surface area (Å²) in [4.78, 5) is 4.20. The number of rotatable bonds is 8. The molecular formula is C28H36F6N4O6S3. The molecule has 0 atom stereocenters. The van der Waals surface area contributed by atoms with E-state index in [1.54, 1.807) is 32.5 Å². The van der Waals surface area contributed by atoms with Gasteiger partial charge in [-0.3, -0.25) is 14.3 Å². The molecule has 4 rings (SSSR count). The molecule has 0 amide bonds. The van der Waals surface area contributed by atoms with Crippen molar-refractivity contribution < 1.29 is 52.7 Å². The van der Waals surface area contributed by atoms with Crippen molar-refractivity contribution in [3.05, 3.63) is 59.7 Å². The lowest BCUT2D eigenvalue weighted by molar-refractivity contribution is -0.121. The summed E-state index contributed by atoms with van der Waals surface area (Å²) in [5.74, 6) is 0. The van der Waals surface area contributed by atoms with Crippen LogP contribution in [0.3, 0.4) is 0 Å². The van der Waals surface area contributed by atoms with Crippen molar-refractivity contribution in [1.82, 2.24) is 9.80 Å². The summed E-state index contributed by atoms with van der Waals surface area (Å²) in [6, 6.07) is 11.9. The molecule has 264 valence electrons. The fraction of sp³-hybridized carbons (Fsp3) is 0.536. The number of alkyl halides is 6. The lowest BCUT2D eigenvalue weighted by Crippen LogP contribution is -2.45. The van der Waals surface area contributed by atoms with Gasteiger partial charge in [0.2, 0.25) is 0 Å². The van der Waals surface area contributed by atoms with E-state index in [9.17, 15) is 43.2 Å². The molecule has 0 aromatic heterocycles. The van der Waals surface area contributed by atoms with Crippen molar-refractivity contribution in [2.45, 2.75) is 75.8 Å². The summed E-state index contributed by atoms with van der Waals surface area (Å²) in [6.45, 7) is 9.40. The molecular weight excluding hydrogens is 699 g/mol. The maximum atomic E-state index is 12.6. The molecule has 2 fully saturated rings. The molecule has 2 N–H and O–H groups in total. The minimum Gasteiger partial charge on any atom is -0.360 e. The van der Waals surface area contributed by atoms with Crippen LogP contribution >= 0.6 is 12.2 Å². The van der Waals surface area contributed by atoms with Gasteiger partial charge >= 0.3 is 31.1 Å². The van der Waals surface area contributed by atoms with Crippen molar-refractivity contribution in [2.24, 2.45) is 0 Å². The number of hydrogen-bond acceptors (Lipinski definition) is 8. The third-order valence-corrected chi connectivity index (χ3v) is 9.70. The molecule has 0 bridgehead atoms. The minimum atomic E-state index is -5.48. The highest BCUT2D eigenvalue weighted by atomic mass is 32.2. The first-order chi connectivity index (χ1) is 21.4. The third kappa shape index (κ3) is 10.9. The van der Waals surface area contributed by atoms with Gasteiger partial charge in [0.15, 0.2) is 0 Å². The summed E-state index contributed by atoms with van der Waals surface area (Å²) in [5, 5.41) is 0. The van der Waals surface area contributed by atoms with E-state index in [1.807, 2.05) is 32.6 Å². The maximum Gasteiger partial charge on any atom is 0.516 e. The van der Waals surface area contributed by atoms with E-state index >= 15 is 0 Å². The van der Waals surface area contributed by atoms with Crippen molar-refractivity contribution in [3.8, 4) is 0 Å². The smallest absolute Gasteiger partial charge is 0.360 e. The van der Waals surface area contributed by atoms with Crippen molar-refractivity contribution in [3.63, 3.8) is 0 Å². The van der Waals surface area contributed by atoms with Crippen LogP contribution in [-0.4, -0.2) is 73.8 Å². The van der Waals surface area contributed by atoms with E-state index < -0.39 is 36.7 Å². The van der Waals surface area contributed by atoms with Crippen molar-refractivity contribution in [2.75, 3.05) is 29.5 Å². The fourth-order valence-electron chi connectivity index (χ4n) is 4.31. The quantitative estimate of drug-likeness (QED) is 0.244. The van der Waals surface area contributed by atoms with Crippen LogP contribution in [0.15, 0.2) is 48.5 Å². The first-order valence-electron chi connectivity index (χ1n) is 14.0. The van der Waals surface area contributed by atoms with Crippen LogP contribution < -0.4 is 9.44 Å². The molecule has 0 spiro atoms. The topological polar surface area (TPSA) is 117 Å². The van der Waals surface area contributed by atoms with E-state index in [4.69, 9.17) is 21.7 Å². The van der Waals surface area contributed by atoms with Gasteiger partial charge in [-0.25, -0.2) is 0 Å². The highest BCUT2D eigenvalue weighted by Crippen LogP contribution is 2.31.